The smallest absolute Gasteiger partial charge is 0.131 e. The van der Waals surface area contributed by atoms with Crippen molar-refractivity contribution in [3.05, 3.63) is 47.1 Å². The number of nitrogens with one attached hydrogen (secondary N) is 1. The average Bonchev–Trinajstić information content (AvgIpc) is 2.75. The standard InChI is InChI=1S/C13H14FNS/c1-15-7-6-10-8-13(16-9-10)11-4-2-3-5-12(11)14/h2-5,8-9,15H,6-7H2,1H3. The second kappa shape index (κ2) is 5.23. The van der Waals surface area contributed by atoms with Crippen molar-refractivity contribution in [1.82, 2.24) is 5.32 Å². The van der Waals surface area contributed by atoms with Crippen LogP contribution in [0.4, 0.5) is 4.39 Å². The molecule has 0 aliphatic rings. The highest BCUT2D eigenvalue weighted by molar-refractivity contribution is 7.13. The van der Waals surface area contributed by atoms with Gasteiger partial charge in [-0.05, 0) is 43.1 Å². The van der Waals surface area contributed by atoms with Gasteiger partial charge in [-0.3, -0.25) is 0 Å². The van der Waals surface area contributed by atoms with Crippen LogP contribution < -0.4 is 5.32 Å². The lowest BCUT2D eigenvalue weighted by molar-refractivity contribution is 0.631. The van der Waals surface area contributed by atoms with Crippen LogP contribution in [0.5, 0.6) is 0 Å². The summed E-state index contributed by atoms with van der Waals surface area (Å²) in [4.78, 5) is 1.00. The Morgan fingerprint density at radius 3 is 2.88 bits per heavy atom. The van der Waals surface area contributed by atoms with E-state index in [2.05, 4.69) is 16.8 Å². The van der Waals surface area contributed by atoms with Crippen molar-refractivity contribution in [1.29, 1.82) is 0 Å². The molecule has 0 atom stereocenters. The summed E-state index contributed by atoms with van der Waals surface area (Å²) in [5.74, 6) is -0.149. The highest BCUT2D eigenvalue weighted by Gasteiger charge is 2.06. The molecule has 0 saturated carbocycles. The van der Waals surface area contributed by atoms with E-state index in [9.17, 15) is 4.39 Å². The molecule has 3 heteroatoms. The summed E-state index contributed by atoms with van der Waals surface area (Å²) in [5, 5.41) is 5.20. The summed E-state index contributed by atoms with van der Waals surface area (Å²) in [7, 11) is 1.93. The Balaban J connectivity index is 2.22. The van der Waals surface area contributed by atoms with Gasteiger partial charge in [0.2, 0.25) is 0 Å². The highest BCUT2D eigenvalue weighted by atomic mass is 32.1. The minimum absolute atomic E-state index is 0.149. The van der Waals surface area contributed by atoms with Gasteiger partial charge in [-0.2, -0.15) is 0 Å². The lowest BCUT2D eigenvalue weighted by atomic mass is 10.1. The normalized spacial score (nSPS) is 10.6. The minimum Gasteiger partial charge on any atom is -0.319 e. The van der Waals surface area contributed by atoms with E-state index in [0.29, 0.717) is 5.56 Å². The van der Waals surface area contributed by atoms with E-state index in [0.717, 1.165) is 17.8 Å². The Kier molecular flexibility index (Phi) is 3.70. The third kappa shape index (κ3) is 2.49. The third-order valence-electron chi connectivity index (χ3n) is 2.46. The van der Waals surface area contributed by atoms with Crippen molar-refractivity contribution < 1.29 is 4.39 Å². The predicted octanol–water partition coefficient (Wildman–Crippen LogP) is 3.32. The topological polar surface area (TPSA) is 12.0 Å². The first-order chi connectivity index (χ1) is 7.81. The van der Waals surface area contributed by atoms with Crippen LogP contribution in [-0.4, -0.2) is 13.6 Å². The lowest BCUT2D eigenvalue weighted by Crippen LogP contribution is -2.09. The lowest BCUT2D eigenvalue weighted by Gasteiger charge is -1.98. The summed E-state index contributed by atoms with van der Waals surface area (Å²) in [6.07, 6.45) is 0.988. The van der Waals surface area contributed by atoms with Gasteiger partial charge >= 0.3 is 0 Å². The maximum Gasteiger partial charge on any atom is 0.131 e. The van der Waals surface area contributed by atoms with Crippen molar-refractivity contribution in [2.24, 2.45) is 0 Å². The largest absolute Gasteiger partial charge is 0.319 e. The molecule has 0 fully saturated rings. The molecule has 1 N–H and O–H groups in total. The molecule has 0 bridgehead atoms. The molecule has 0 spiro atoms. The minimum atomic E-state index is -0.149. The number of thiophene rings is 1. The fraction of sp³-hybridized carbons (Fsp3) is 0.231. The molecule has 2 rings (SSSR count). The molecule has 1 nitrogen and oxygen atoms in total. The molecule has 1 aromatic heterocycles. The molecule has 16 heavy (non-hydrogen) atoms. The monoisotopic (exact) mass is 235 g/mol. The van der Waals surface area contributed by atoms with E-state index in [1.165, 1.54) is 11.6 Å². The van der Waals surface area contributed by atoms with Crippen LogP contribution in [0.15, 0.2) is 35.7 Å². The summed E-state index contributed by atoms with van der Waals surface area (Å²) >= 11 is 1.60. The number of halogens is 1. The molecular formula is C13H14FNS. The van der Waals surface area contributed by atoms with Gasteiger partial charge in [0, 0.05) is 10.4 Å². The number of hydrogen-bond acceptors (Lipinski definition) is 2. The number of hydrogen-bond donors (Lipinski definition) is 1. The summed E-state index contributed by atoms with van der Waals surface area (Å²) in [6, 6.07) is 8.98. The summed E-state index contributed by atoms with van der Waals surface area (Å²) in [6.45, 7) is 0.952. The van der Waals surface area contributed by atoms with Crippen molar-refractivity contribution in [3.8, 4) is 10.4 Å². The Morgan fingerprint density at radius 2 is 2.12 bits per heavy atom. The number of benzene rings is 1. The zero-order chi connectivity index (χ0) is 11.4. The molecule has 2 aromatic rings. The molecule has 1 heterocycles. The van der Waals surface area contributed by atoms with Crippen molar-refractivity contribution >= 4 is 11.3 Å². The van der Waals surface area contributed by atoms with Crippen molar-refractivity contribution in [2.45, 2.75) is 6.42 Å². The van der Waals surface area contributed by atoms with E-state index < -0.39 is 0 Å². The van der Waals surface area contributed by atoms with Gasteiger partial charge in [-0.25, -0.2) is 4.39 Å². The summed E-state index contributed by atoms with van der Waals surface area (Å²) < 4.78 is 13.5. The number of likely N-dealkylation sites (N-methyl/N-ethyl adjacent to an activating group) is 1. The molecule has 0 radical (unpaired) electrons. The van der Waals surface area contributed by atoms with Gasteiger partial charge in [0.15, 0.2) is 0 Å². The van der Waals surface area contributed by atoms with E-state index >= 15 is 0 Å². The Hall–Kier alpha value is -1.19. The Bertz CT molecular complexity index is 464. The third-order valence-corrected chi connectivity index (χ3v) is 3.47. The number of rotatable bonds is 4. The quantitative estimate of drug-likeness (QED) is 0.857. The first-order valence-electron chi connectivity index (χ1n) is 5.28. The van der Waals surface area contributed by atoms with Gasteiger partial charge in [0.1, 0.15) is 5.82 Å². The average molecular weight is 235 g/mol. The SMILES string of the molecule is CNCCc1csc(-c2ccccc2F)c1. The predicted molar refractivity (Wildman–Crippen MR) is 67.3 cm³/mol. The molecule has 1 aromatic carbocycles. The van der Waals surface area contributed by atoms with Crippen LogP contribution in [-0.2, 0) is 6.42 Å². The van der Waals surface area contributed by atoms with Crippen LogP contribution in [0.25, 0.3) is 10.4 Å². The second-order valence-corrected chi connectivity index (χ2v) is 4.56. The molecule has 0 unspecified atom stereocenters. The zero-order valence-electron chi connectivity index (χ0n) is 9.16. The maximum absolute atomic E-state index is 13.5. The molecule has 0 saturated heterocycles. The van der Waals surface area contributed by atoms with E-state index in [-0.39, 0.29) is 5.82 Å². The highest BCUT2D eigenvalue weighted by Crippen LogP contribution is 2.29. The van der Waals surface area contributed by atoms with Gasteiger partial charge in [0.05, 0.1) is 0 Å². The fourth-order valence-corrected chi connectivity index (χ4v) is 2.55. The van der Waals surface area contributed by atoms with Gasteiger partial charge in [-0.1, -0.05) is 18.2 Å². The van der Waals surface area contributed by atoms with E-state index in [1.807, 2.05) is 19.2 Å². The molecule has 84 valence electrons. The van der Waals surface area contributed by atoms with E-state index in [1.54, 1.807) is 17.4 Å². The molecule has 0 aliphatic carbocycles. The van der Waals surface area contributed by atoms with Crippen molar-refractivity contribution in [2.75, 3.05) is 13.6 Å². The van der Waals surface area contributed by atoms with Crippen molar-refractivity contribution in [3.63, 3.8) is 0 Å². The van der Waals surface area contributed by atoms with E-state index in [4.69, 9.17) is 0 Å². The second-order valence-electron chi connectivity index (χ2n) is 3.65. The molecular weight excluding hydrogens is 221 g/mol. The van der Waals surface area contributed by atoms with Crippen LogP contribution in [0.1, 0.15) is 5.56 Å². The molecule has 0 amide bonds. The molecule has 0 aliphatic heterocycles. The zero-order valence-corrected chi connectivity index (χ0v) is 9.98. The van der Waals surface area contributed by atoms with Crippen LogP contribution in [0, 0.1) is 5.82 Å². The Morgan fingerprint density at radius 1 is 1.31 bits per heavy atom. The first-order valence-corrected chi connectivity index (χ1v) is 6.16. The first kappa shape index (κ1) is 11.3. The van der Waals surface area contributed by atoms with Gasteiger partial charge in [-0.15, -0.1) is 11.3 Å². The van der Waals surface area contributed by atoms with Gasteiger partial charge < -0.3 is 5.32 Å². The van der Waals surface area contributed by atoms with Crippen LogP contribution in [0.3, 0.4) is 0 Å². The maximum atomic E-state index is 13.5. The van der Waals surface area contributed by atoms with Crippen LogP contribution >= 0.6 is 11.3 Å². The Labute approximate surface area is 98.9 Å². The van der Waals surface area contributed by atoms with Gasteiger partial charge in [0.25, 0.3) is 0 Å². The summed E-state index contributed by atoms with van der Waals surface area (Å²) in [5.41, 5.74) is 1.96. The van der Waals surface area contributed by atoms with Crippen LogP contribution in [0.2, 0.25) is 0 Å². The fourth-order valence-electron chi connectivity index (χ4n) is 1.58.